The second kappa shape index (κ2) is 10.0. The highest BCUT2D eigenvalue weighted by molar-refractivity contribution is 6.35. The van der Waals surface area contributed by atoms with Gasteiger partial charge in [0.25, 0.3) is 0 Å². The standard InChI is InChI=1S/C25H27N3O4/c1-31-20-10-8-18(9-11-20)12-14-26-24(29)25(30)27-17-22(23-7-4-16-32-23)28-15-13-19-5-2-3-6-21(19)28/h2-11,16,22H,12-15,17H2,1H3,(H,26,29)(H,27,30)/t22-/m0/s1. The van der Waals surface area contributed by atoms with Crippen LogP contribution in [0.5, 0.6) is 5.75 Å². The lowest BCUT2D eigenvalue weighted by Crippen LogP contribution is -2.44. The predicted molar refractivity (Wildman–Crippen MR) is 122 cm³/mol. The minimum Gasteiger partial charge on any atom is -0.497 e. The first-order valence-electron chi connectivity index (χ1n) is 10.7. The Labute approximate surface area is 187 Å². The van der Waals surface area contributed by atoms with Crippen LogP contribution in [0.3, 0.4) is 0 Å². The summed E-state index contributed by atoms with van der Waals surface area (Å²) in [4.78, 5) is 26.9. The predicted octanol–water partition coefficient (Wildman–Crippen LogP) is 2.87. The largest absolute Gasteiger partial charge is 0.497 e. The third-order valence-electron chi connectivity index (χ3n) is 5.69. The van der Waals surface area contributed by atoms with Gasteiger partial charge >= 0.3 is 11.8 Å². The summed E-state index contributed by atoms with van der Waals surface area (Å²) in [5, 5.41) is 5.46. The van der Waals surface area contributed by atoms with Crippen molar-refractivity contribution in [2.24, 2.45) is 0 Å². The van der Waals surface area contributed by atoms with Gasteiger partial charge in [0.1, 0.15) is 17.6 Å². The van der Waals surface area contributed by atoms with Crippen molar-refractivity contribution in [3.8, 4) is 5.75 Å². The molecule has 4 rings (SSSR count). The van der Waals surface area contributed by atoms with Crippen molar-refractivity contribution in [1.82, 2.24) is 10.6 Å². The fourth-order valence-electron chi connectivity index (χ4n) is 4.00. The van der Waals surface area contributed by atoms with E-state index in [1.807, 2.05) is 48.5 Å². The normalized spacial score (nSPS) is 13.3. The summed E-state index contributed by atoms with van der Waals surface area (Å²) in [6.07, 6.45) is 3.19. The number of ether oxygens (including phenoxy) is 1. The number of benzene rings is 2. The molecule has 2 aromatic carbocycles. The van der Waals surface area contributed by atoms with Gasteiger partial charge in [0.2, 0.25) is 0 Å². The lowest BCUT2D eigenvalue weighted by molar-refractivity contribution is -0.139. The first-order chi connectivity index (χ1) is 15.7. The van der Waals surface area contributed by atoms with E-state index in [4.69, 9.17) is 9.15 Å². The number of nitrogens with zero attached hydrogens (tertiary/aromatic N) is 1. The Morgan fingerprint density at radius 3 is 2.56 bits per heavy atom. The molecule has 0 bridgehead atoms. The van der Waals surface area contributed by atoms with Crippen molar-refractivity contribution in [3.05, 3.63) is 83.8 Å². The highest BCUT2D eigenvalue weighted by Crippen LogP contribution is 2.34. The summed E-state index contributed by atoms with van der Waals surface area (Å²) in [6.45, 7) is 1.47. The van der Waals surface area contributed by atoms with E-state index >= 15 is 0 Å². The van der Waals surface area contributed by atoms with Crippen LogP contribution in [0.1, 0.15) is 22.9 Å². The molecule has 1 atom stereocenters. The van der Waals surface area contributed by atoms with E-state index < -0.39 is 11.8 Å². The Kier molecular flexibility index (Phi) is 6.75. The Morgan fingerprint density at radius 1 is 1.03 bits per heavy atom. The molecule has 1 aromatic heterocycles. The lowest BCUT2D eigenvalue weighted by atomic mass is 10.1. The zero-order valence-electron chi connectivity index (χ0n) is 18.0. The number of carbonyl (C=O) groups excluding carboxylic acids is 2. The maximum absolute atomic E-state index is 12.4. The number of anilines is 1. The minimum atomic E-state index is -0.649. The first kappa shape index (κ1) is 21.5. The Morgan fingerprint density at radius 2 is 1.81 bits per heavy atom. The number of rotatable bonds is 8. The zero-order valence-corrected chi connectivity index (χ0v) is 18.0. The number of hydrogen-bond donors (Lipinski definition) is 2. The van der Waals surface area contributed by atoms with Gasteiger partial charge in [-0.3, -0.25) is 9.59 Å². The summed E-state index contributed by atoms with van der Waals surface area (Å²) in [7, 11) is 1.62. The van der Waals surface area contributed by atoms with Crippen molar-refractivity contribution in [2.75, 3.05) is 31.6 Å². The fourth-order valence-corrected chi connectivity index (χ4v) is 4.00. The van der Waals surface area contributed by atoms with E-state index in [1.54, 1.807) is 13.4 Å². The molecule has 0 fully saturated rings. The average molecular weight is 434 g/mol. The number of para-hydroxylation sites is 1. The van der Waals surface area contributed by atoms with Gasteiger partial charge in [0, 0.05) is 25.3 Å². The molecule has 1 aliphatic rings. The Bertz CT molecular complexity index is 1050. The quantitative estimate of drug-likeness (QED) is 0.534. The van der Waals surface area contributed by atoms with Crippen LogP contribution < -0.4 is 20.3 Å². The van der Waals surface area contributed by atoms with E-state index in [1.165, 1.54) is 5.56 Å². The molecule has 0 spiro atoms. The van der Waals surface area contributed by atoms with Crippen LogP contribution in [0, 0.1) is 0 Å². The second-order valence-corrected chi connectivity index (χ2v) is 7.67. The van der Waals surface area contributed by atoms with Gasteiger partial charge in [0.15, 0.2) is 0 Å². The van der Waals surface area contributed by atoms with Crippen LogP contribution in [0.4, 0.5) is 5.69 Å². The number of hydrogen-bond acceptors (Lipinski definition) is 5. The van der Waals surface area contributed by atoms with Crippen molar-refractivity contribution in [2.45, 2.75) is 18.9 Å². The third kappa shape index (κ3) is 4.94. The number of methoxy groups -OCH3 is 1. The molecular formula is C25H27N3O4. The third-order valence-corrected chi connectivity index (χ3v) is 5.69. The molecule has 2 heterocycles. The first-order valence-corrected chi connectivity index (χ1v) is 10.7. The molecule has 0 aliphatic carbocycles. The number of amides is 2. The highest BCUT2D eigenvalue weighted by atomic mass is 16.5. The number of furan rings is 1. The maximum Gasteiger partial charge on any atom is 0.309 e. The molecule has 0 radical (unpaired) electrons. The summed E-state index contributed by atoms with van der Waals surface area (Å²) in [6, 6.07) is 19.4. The molecule has 2 amide bonds. The fraction of sp³-hybridized carbons (Fsp3) is 0.280. The smallest absolute Gasteiger partial charge is 0.309 e. The molecular weight excluding hydrogens is 406 g/mol. The van der Waals surface area contributed by atoms with E-state index in [2.05, 4.69) is 27.7 Å². The maximum atomic E-state index is 12.4. The summed E-state index contributed by atoms with van der Waals surface area (Å²) in [5.74, 6) is 0.244. The van der Waals surface area contributed by atoms with E-state index in [-0.39, 0.29) is 12.6 Å². The molecule has 1 aliphatic heterocycles. The molecule has 0 unspecified atom stereocenters. The van der Waals surface area contributed by atoms with Crippen LogP contribution in [-0.4, -0.2) is 38.6 Å². The van der Waals surface area contributed by atoms with Crippen LogP contribution in [0.25, 0.3) is 0 Å². The van der Waals surface area contributed by atoms with Crippen LogP contribution >= 0.6 is 0 Å². The lowest BCUT2D eigenvalue weighted by Gasteiger charge is -2.29. The number of carbonyl (C=O) groups is 2. The highest BCUT2D eigenvalue weighted by Gasteiger charge is 2.29. The van der Waals surface area contributed by atoms with Crippen LogP contribution in [-0.2, 0) is 22.4 Å². The van der Waals surface area contributed by atoms with Gasteiger partial charge in [0.05, 0.1) is 13.4 Å². The molecule has 166 valence electrons. The molecule has 7 nitrogen and oxygen atoms in total. The molecule has 2 N–H and O–H groups in total. The van der Waals surface area contributed by atoms with E-state index in [0.29, 0.717) is 13.0 Å². The van der Waals surface area contributed by atoms with Crippen molar-refractivity contribution in [1.29, 1.82) is 0 Å². The molecule has 3 aromatic rings. The van der Waals surface area contributed by atoms with Gasteiger partial charge in [-0.1, -0.05) is 30.3 Å². The number of nitrogens with one attached hydrogen (secondary N) is 2. The van der Waals surface area contributed by atoms with E-state index in [0.717, 1.165) is 35.7 Å². The van der Waals surface area contributed by atoms with Gasteiger partial charge in [-0.05, 0) is 54.3 Å². The monoisotopic (exact) mass is 433 g/mol. The van der Waals surface area contributed by atoms with Gasteiger partial charge in [-0.25, -0.2) is 0 Å². The molecule has 32 heavy (non-hydrogen) atoms. The topological polar surface area (TPSA) is 83.8 Å². The summed E-state index contributed by atoms with van der Waals surface area (Å²) >= 11 is 0. The van der Waals surface area contributed by atoms with Crippen LogP contribution in [0.15, 0.2) is 71.3 Å². The average Bonchev–Trinajstić information content (AvgIpc) is 3.50. The van der Waals surface area contributed by atoms with Gasteiger partial charge < -0.3 is 24.7 Å². The van der Waals surface area contributed by atoms with Gasteiger partial charge in [-0.15, -0.1) is 0 Å². The van der Waals surface area contributed by atoms with Crippen molar-refractivity contribution >= 4 is 17.5 Å². The molecule has 7 heteroatoms. The van der Waals surface area contributed by atoms with Crippen molar-refractivity contribution < 1.29 is 18.7 Å². The van der Waals surface area contributed by atoms with Crippen LogP contribution in [0.2, 0.25) is 0 Å². The Balaban J connectivity index is 1.32. The van der Waals surface area contributed by atoms with E-state index in [9.17, 15) is 9.59 Å². The summed E-state index contributed by atoms with van der Waals surface area (Å²) < 4.78 is 10.8. The number of fused-ring (bicyclic) bond motifs is 1. The SMILES string of the molecule is COc1ccc(CCNC(=O)C(=O)NC[C@@H](c2ccco2)N2CCc3ccccc32)cc1. The molecule has 0 saturated heterocycles. The minimum absolute atomic E-state index is 0.190. The molecule has 0 saturated carbocycles. The Hall–Kier alpha value is -3.74. The summed E-state index contributed by atoms with van der Waals surface area (Å²) in [5.41, 5.74) is 3.45. The second-order valence-electron chi connectivity index (χ2n) is 7.67. The van der Waals surface area contributed by atoms with Crippen molar-refractivity contribution in [3.63, 3.8) is 0 Å². The van der Waals surface area contributed by atoms with Gasteiger partial charge in [-0.2, -0.15) is 0 Å². The zero-order chi connectivity index (χ0) is 22.3.